The van der Waals surface area contributed by atoms with Gasteiger partial charge >= 0.3 is 5.97 Å². The van der Waals surface area contributed by atoms with Gasteiger partial charge in [0.15, 0.2) is 12.0 Å². The third-order valence-electron chi connectivity index (χ3n) is 4.74. The number of ether oxygens (including phenoxy) is 3. The summed E-state index contributed by atoms with van der Waals surface area (Å²) in [4.78, 5) is 17.9. The number of fused-ring (bicyclic) bond motifs is 1. The van der Waals surface area contributed by atoms with Gasteiger partial charge in [-0.1, -0.05) is 12.1 Å². The first-order valence-electron chi connectivity index (χ1n) is 9.17. The molecule has 7 heteroatoms. The van der Waals surface area contributed by atoms with Gasteiger partial charge in [-0.15, -0.1) is 0 Å². The average molecular weight is 370 g/mol. The quantitative estimate of drug-likeness (QED) is 0.864. The zero-order valence-corrected chi connectivity index (χ0v) is 15.0. The van der Waals surface area contributed by atoms with Gasteiger partial charge in [0.1, 0.15) is 18.0 Å². The molecule has 1 aromatic heterocycles. The van der Waals surface area contributed by atoms with Gasteiger partial charge in [0.25, 0.3) is 0 Å². The highest BCUT2D eigenvalue weighted by Crippen LogP contribution is 2.38. The molecule has 1 atom stereocenters. The fourth-order valence-electron chi connectivity index (χ4n) is 3.35. The molecule has 3 heterocycles. The first-order valence-corrected chi connectivity index (χ1v) is 9.17. The van der Waals surface area contributed by atoms with Gasteiger partial charge in [0.05, 0.1) is 18.8 Å². The van der Waals surface area contributed by atoms with Gasteiger partial charge in [0, 0.05) is 12.8 Å². The van der Waals surface area contributed by atoms with Gasteiger partial charge < -0.3 is 24.2 Å². The van der Waals surface area contributed by atoms with E-state index in [2.05, 4.69) is 4.98 Å². The number of carboxylic acid groups (broad SMARTS) is 1. The number of para-hydroxylation sites is 1. The zero-order chi connectivity index (χ0) is 18.6. The number of hydrogen-bond acceptors (Lipinski definition) is 6. The molecule has 142 valence electrons. The molecule has 1 unspecified atom stereocenters. The molecule has 27 heavy (non-hydrogen) atoms. The highest BCUT2D eigenvalue weighted by atomic mass is 16.7. The Hall–Kier alpha value is -2.64. The second kappa shape index (κ2) is 7.94. The number of pyridine rings is 1. The first-order chi connectivity index (χ1) is 13.2. The fraction of sp³-hybridized carbons (Fsp3) is 0.400. The SMILES string of the molecule is O=C(O)c1cccc2c1OCCN2c1ccc(COC2CCCCO2)cn1. The molecule has 0 bridgehead atoms. The zero-order valence-electron chi connectivity index (χ0n) is 15.0. The Labute approximate surface area is 157 Å². The van der Waals surface area contributed by atoms with Crippen LogP contribution in [-0.4, -0.2) is 42.1 Å². The van der Waals surface area contributed by atoms with E-state index in [9.17, 15) is 9.90 Å². The molecule has 7 nitrogen and oxygen atoms in total. The molecule has 0 amide bonds. The number of carbonyl (C=O) groups is 1. The lowest BCUT2D eigenvalue weighted by atomic mass is 10.1. The van der Waals surface area contributed by atoms with E-state index in [-0.39, 0.29) is 11.9 Å². The average Bonchev–Trinajstić information content (AvgIpc) is 2.72. The van der Waals surface area contributed by atoms with E-state index in [4.69, 9.17) is 14.2 Å². The van der Waals surface area contributed by atoms with Crippen LogP contribution in [0.1, 0.15) is 35.2 Å². The molecule has 1 saturated heterocycles. The van der Waals surface area contributed by atoms with Gasteiger partial charge in [-0.25, -0.2) is 9.78 Å². The summed E-state index contributed by atoms with van der Waals surface area (Å²) in [6.07, 6.45) is 4.83. The summed E-state index contributed by atoms with van der Waals surface area (Å²) in [6.45, 7) is 2.23. The highest BCUT2D eigenvalue weighted by molar-refractivity contribution is 5.94. The molecular weight excluding hydrogens is 348 g/mol. The van der Waals surface area contributed by atoms with Crippen LogP contribution in [0.4, 0.5) is 11.5 Å². The van der Waals surface area contributed by atoms with E-state index in [1.54, 1.807) is 18.3 Å². The van der Waals surface area contributed by atoms with Crippen molar-refractivity contribution in [2.24, 2.45) is 0 Å². The van der Waals surface area contributed by atoms with Crippen LogP contribution in [0.25, 0.3) is 0 Å². The minimum Gasteiger partial charge on any atom is -0.489 e. The monoisotopic (exact) mass is 370 g/mol. The molecule has 2 aliphatic heterocycles. The maximum Gasteiger partial charge on any atom is 0.339 e. The van der Waals surface area contributed by atoms with Crippen LogP contribution >= 0.6 is 0 Å². The molecule has 2 aliphatic rings. The summed E-state index contributed by atoms with van der Waals surface area (Å²) in [5.74, 6) is 0.138. The molecule has 1 aromatic carbocycles. The predicted octanol–water partition coefficient (Wildman–Crippen LogP) is 3.35. The van der Waals surface area contributed by atoms with Crippen LogP contribution in [0.5, 0.6) is 5.75 Å². The van der Waals surface area contributed by atoms with Crippen LogP contribution in [-0.2, 0) is 16.1 Å². The molecule has 2 aromatic rings. The maximum absolute atomic E-state index is 11.4. The largest absolute Gasteiger partial charge is 0.489 e. The number of benzene rings is 1. The Morgan fingerprint density at radius 2 is 2.19 bits per heavy atom. The molecule has 1 fully saturated rings. The Balaban J connectivity index is 1.48. The van der Waals surface area contributed by atoms with Gasteiger partial charge in [-0.05, 0) is 43.0 Å². The van der Waals surface area contributed by atoms with E-state index < -0.39 is 5.97 Å². The number of aromatic nitrogens is 1. The minimum atomic E-state index is -1.00. The standard InChI is InChI=1S/C20H22N2O5/c23-20(24)15-4-3-5-16-19(15)26-11-9-22(16)17-8-7-14(12-21-17)13-27-18-6-1-2-10-25-18/h3-5,7-8,12,18H,1-2,6,9-11,13H2,(H,23,24). The number of anilines is 2. The van der Waals surface area contributed by atoms with Crippen LogP contribution in [0, 0.1) is 0 Å². The molecule has 0 aliphatic carbocycles. The summed E-state index contributed by atoms with van der Waals surface area (Å²) >= 11 is 0. The van der Waals surface area contributed by atoms with Crippen molar-refractivity contribution >= 4 is 17.5 Å². The van der Waals surface area contributed by atoms with Gasteiger partial charge in [0.2, 0.25) is 0 Å². The summed E-state index contributed by atoms with van der Waals surface area (Å²) in [6, 6.07) is 9.01. The fourth-order valence-corrected chi connectivity index (χ4v) is 3.35. The number of aromatic carboxylic acids is 1. The maximum atomic E-state index is 11.4. The topological polar surface area (TPSA) is 81.1 Å². The molecular formula is C20H22N2O5. The Bertz CT molecular complexity index is 803. The van der Waals surface area contributed by atoms with E-state index >= 15 is 0 Å². The van der Waals surface area contributed by atoms with Gasteiger partial charge in [-0.3, -0.25) is 0 Å². The summed E-state index contributed by atoms with van der Waals surface area (Å²) in [7, 11) is 0. The minimum absolute atomic E-state index is 0.126. The van der Waals surface area contributed by atoms with E-state index in [0.717, 1.165) is 37.3 Å². The van der Waals surface area contributed by atoms with Crippen LogP contribution in [0.2, 0.25) is 0 Å². The lowest BCUT2D eigenvalue weighted by Crippen LogP contribution is -2.30. The number of nitrogens with zero attached hydrogens (tertiary/aromatic N) is 2. The third kappa shape index (κ3) is 3.89. The second-order valence-electron chi connectivity index (χ2n) is 6.59. The van der Waals surface area contributed by atoms with Crippen molar-refractivity contribution in [1.29, 1.82) is 0 Å². The van der Waals surface area contributed by atoms with Crippen molar-refractivity contribution in [3.05, 3.63) is 47.7 Å². The molecule has 1 N–H and O–H groups in total. The Kier molecular flexibility index (Phi) is 5.22. The van der Waals surface area contributed by atoms with E-state index in [1.807, 2.05) is 23.1 Å². The smallest absolute Gasteiger partial charge is 0.339 e. The Morgan fingerprint density at radius 1 is 1.26 bits per heavy atom. The summed E-state index contributed by atoms with van der Waals surface area (Å²) in [5.41, 5.74) is 1.85. The Morgan fingerprint density at radius 3 is 2.93 bits per heavy atom. The first kappa shape index (κ1) is 17.8. The summed E-state index contributed by atoms with van der Waals surface area (Å²) in [5, 5.41) is 9.36. The number of carboxylic acids is 1. The van der Waals surface area contributed by atoms with Crippen LogP contribution in [0.15, 0.2) is 36.5 Å². The normalized spacial score (nSPS) is 19.3. The summed E-state index contributed by atoms with van der Waals surface area (Å²) < 4.78 is 17.0. The highest BCUT2D eigenvalue weighted by Gasteiger charge is 2.25. The van der Waals surface area contributed by atoms with Crippen molar-refractivity contribution in [2.75, 3.05) is 24.7 Å². The van der Waals surface area contributed by atoms with Gasteiger partial charge in [-0.2, -0.15) is 0 Å². The second-order valence-corrected chi connectivity index (χ2v) is 6.59. The lowest BCUT2D eigenvalue weighted by molar-refractivity contribution is -0.168. The molecule has 0 saturated carbocycles. The predicted molar refractivity (Wildman–Crippen MR) is 98.5 cm³/mol. The van der Waals surface area contributed by atoms with E-state index in [0.29, 0.717) is 31.2 Å². The van der Waals surface area contributed by atoms with Crippen molar-refractivity contribution < 1.29 is 24.1 Å². The number of hydrogen-bond donors (Lipinski definition) is 1. The van der Waals surface area contributed by atoms with Crippen molar-refractivity contribution in [3.63, 3.8) is 0 Å². The van der Waals surface area contributed by atoms with E-state index in [1.165, 1.54) is 0 Å². The van der Waals surface area contributed by atoms with Crippen LogP contribution < -0.4 is 9.64 Å². The van der Waals surface area contributed by atoms with Crippen molar-refractivity contribution in [3.8, 4) is 5.75 Å². The number of rotatable bonds is 5. The molecule has 0 spiro atoms. The molecule has 0 radical (unpaired) electrons. The van der Waals surface area contributed by atoms with Crippen LogP contribution in [0.3, 0.4) is 0 Å². The lowest BCUT2D eigenvalue weighted by Gasteiger charge is -2.31. The van der Waals surface area contributed by atoms with Crippen molar-refractivity contribution in [1.82, 2.24) is 4.98 Å². The van der Waals surface area contributed by atoms with Crippen molar-refractivity contribution in [2.45, 2.75) is 32.2 Å². The third-order valence-corrected chi connectivity index (χ3v) is 4.74. The molecule has 4 rings (SSSR count).